The number of rotatable bonds is 3. The second kappa shape index (κ2) is 5.67. The van der Waals surface area contributed by atoms with Crippen molar-refractivity contribution in [2.45, 2.75) is 18.9 Å². The van der Waals surface area contributed by atoms with Gasteiger partial charge in [0.1, 0.15) is 5.82 Å². The molecular formula is C12H15BrN2O3. The number of anilines is 1. The molecule has 0 aromatic carbocycles. The molecule has 0 aliphatic carbocycles. The van der Waals surface area contributed by atoms with Crippen LogP contribution in [0.2, 0.25) is 0 Å². The van der Waals surface area contributed by atoms with E-state index >= 15 is 0 Å². The Balaban J connectivity index is 2.11. The van der Waals surface area contributed by atoms with Gasteiger partial charge in [-0.3, -0.25) is 0 Å². The van der Waals surface area contributed by atoms with E-state index in [1.807, 2.05) is 0 Å². The molecule has 1 aromatic rings. The largest absolute Gasteiger partial charge is 0.478 e. The zero-order chi connectivity index (χ0) is 13.1. The third-order valence-electron chi connectivity index (χ3n) is 3.17. The predicted octanol–water partition coefficient (Wildman–Crippen LogP) is 2.16. The number of piperidine rings is 1. The number of hydrogen-bond acceptors (Lipinski definition) is 4. The van der Waals surface area contributed by atoms with E-state index in [1.54, 1.807) is 13.2 Å². The minimum absolute atomic E-state index is 0.186. The standard InChI is InChI=1S/C12H15BrN2O3/c1-18-8-2-4-15(5-3-8)11-6-10(13)9(7-14-11)12(16)17/h6-8H,2-5H2,1H3,(H,16,17). The van der Waals surface area contributed by atoms with Crippen molar-refractivity contribution in [1.29, 1.82) is 0 Å². The van der Waals surface area contributed by atoms with Crippen LogP contribution in [0.15, 0.2) is 16.7 Å². The van der Waals surface area contributed by atoms with E-state index in [9.17, 15) is 4.79 Å². The Hall–Kier alpha value is -1.14. The maximum Gasteiger partial charge on any atom is 0.338 e. The Morgan fingerprint density at radius 3 is 2.72 bits per heavy atom. The zero-order valence-electron chi connectivity index (χ0n) is 10.1. The van der Waals surface area contributed by atoms with Gasteiger partial charge in [-0.25, -0.2) is 9.78 Å². The average molecular weight is 315 g/mol. The van der Waals surface area contributed by atoms with E-state index in [4.69, 9.17) is 9.84 Å². The van der Waals surface area contributed by atoms with Crippen LogP contribution in [0.5, 0.6) is 0 Å². The number of carboxylic acids is 1. The summed E-state index contributed by atoms with van der Waals surface area (Å²) in [5, 5.41) is 8.93. The molecule has 1 aliphatic rings. The van der Waals surface area contributed by atoms with Gasteiger partial charge in [0.15, 0.2) is 0 Å². The smallest absolute Gasteiger partial charge is 0.338 e. The Labute approximate surface area is 114 Å². The van der Waals surface area contributed by atoms with Crippen molar-refractivity contribution in [2.75, 3.05) is 25.1 Å². The topological polar surface area (TPSA) is 62.7 Å². The minimum Gasteiger partial charge on any atom is -0.478 e. The normalized spacial score (nSPS) is 16.9. The van der Waals surface area contributed by atoms with Crippen molar-refractivity contribution in [1.82, 2.24) is 4.98 Å². The fourth-order valence-electron chi connectivity index (χ4n) is 2.07. The maximum absolute atomic E-state index is 10.9. The molecule has 2 heterocycles. The van der Waals surface area contributed by atoms with E-state index in [0.717, 1.165) is 31.7 Å². The molecule has 0 atom stereocenters. The Morgan fingerprint density at radius 1 is 1.56 bits per heavy atom. The lowest BCUT2D eigenvalue weighted by Gasteiger charge is -2.32. The number of methoxy groups -OCH3 is 1. The number of carbonyl (C=O) groups is 1. The summed E-state index contributed by atoms with van der Waals surface area (Å²) in [4.78, 5) is 17.2. The molecule has 98 valence electrons. The van der Waals surface area contributed by atoms with Crippen LogP contribution in [0.4, 0.5) is 5.82 Å². The van der Waals surface area contributed by atoms with Crippen molar-refractivity contribution in [3.05, 3.63) is 22.3 Å². The monoisotopic (exact) mass is 314 g/mol. The third kappa shape index (κ3) is 2.81. The van der Waals surface area contributed by atoms with Crippen LogP contribution in [0, 0.1) is 0 Å². The summed E-state index contributed by atoms with van der Waals surface area (Å²) < 4.78 is 5.88. The summed E-state index contributed by atoms with van der Waals surface area (Å²) in [6.45, 7) is 1.76. The molecule has 0 radical (unpaired) electrons. The summed E-state index contributed by atoms with van der Waals surface area (Å²) in [6.07, 6.45) is 3.65. The van der Waals surface area contributed by atoms with E-state index < -0.39 is 5.97 Å². The minimum atomic E-state index is -0.973. The average Bonchev–Trinajstić information content (AvgIpc) is 2.38. The SMILES string of the molecule is COC1CCN(c2cc(Br)c(C(=O)O)cn2)CC1. The van der Waals surface area contributed by atoms with Gasteiger partial charge in [0, 0.05) is 30.9 Å². The van der Waals surface area contributed by atoms with E-state index in [0.29, 0.717) is 10.6 Å². The van der Waals surface area contributed by atoms with Crippen LogP contribution in [0.25, 0.3) is 0 Å². The molecular weight excluding hydrogens is 300 g/mol. The molecule has 6 heteroatoms. The first-order valence-electron chi connectivity index (χ1n) is 5.78. The number of hydrogen-bond donors (Lipinski definition) is 1. The third-order valence-corrected chi connectivity index (χ3v) is 3.82. The van der Waals surface area contributed by atoms with Crippen molar-refractivity contribution in [3.63, 3.8) is 0 Å². The molecule has 1 fully saturated rings. The number of nitrogens with zero attached hydrogens (tertiary/aromatic N) is 2. The lowest BCUT2D eigenvalue weighted by atomic mass is 10.1. The quantitative estimate of drug-likeness (QED) is 0.926. The van der Waals surface area contributed by atoms with Gasteiger partial charge in [0.2, 0.25) is 0 Å². The highest BCUT2D eigenvalue weighted by molar-refractivity contribution is 9.10. The Morgan fingerprint density at radius 2 is 2.22 bits per heavy atom. The summed E-state index contributed by atoms with van der Waals surface area (Å²) >= 11 is 3.27. The summed E-state index contributed by atoms with van der Waals surface area (Å²) in [5.74, 6) is -0.166. The Bertz CT molecular complexity index is 445. The van der Waals surface area contributed by atoms with Gasteiger partial charge in [-0.1, -0.05) is 0 Å². The van der Waals surface area contributed by atoms with Gasteiger partial charge in [0.05, 0.1) is 11.7 Å². The first-order chi connectivity index (χ1) is 8.61. The molecule has 1 aromatic heterocycles. The van der Waals surface area contributed by atoms with Crippen molar-refractivity contribution in [2.24, 2.45) is 0 Å². The fourth-order valence-corrected chi connectivity index (χ4v) is 2.55. The molecule has 18 heavy (non-hydrogen) atoms. The lowest BCUT2D eigenvalue weighted by molar-refractivity contribution is 0.0695. The van der Waals surface area contributed by atoms with Crippen LogP contribution in [-0.4, -0.2) is 42.4 Å². The molecule has 0 amide bonds. The second-order valence-corrected chi connectivity index (χ2v) is 5.10. The van der Waals surface area contributed by atoms with Crippen LogP contribution >= 0.6 is 15.9 Å². The van der Waals surface area contributed by atoms with E-state index in [1.165, 1.54) is 6.20 Å². The Kier molecular flexibility index (Phi) is 4.19. The lowest BCUT2D eigenvalue weighted by Crippen LogP contribution is -2.37. The van der Waals surface area contributed by atoms with Gasteiger partial charge >= 0.3 is 5.97 Å². The highest BCUT2D eigenvalue weighted by Crippen LogP contribution is 2.24. The highest BCUT2D eigenvalue weighted by Gasteiger charge is 2.20. The molecule has 2 rings (SSSR count). The molecule has 1 N–H and O–H groups in total. The van der Waals surface area contributed by atoms with Crippen LogP contribution in [0.1, 0.15) is 23.2 Å². The molecule has 0 saturated carbocycles. The molecule has 0 bridgehead atoms. The van der Waals surface area contributed by atoms with Gasteiger partial charge < -0.3 is 14.7 Å². The second-order valence-electron chi connectivity index (χ2n) is 4.25. The van der Waals surface area contributed by atoms with E-state index in [-0.39, 0.29) is 5.56 Å². The van der Waals surface area contributed by atoms with Crippen molar-refractivity contribution in [3.8, 4) is 0 Å². The summed E-state index contributed by atoms with van der Waals surface area (Å²) in [6, 6.07) is 1.76. The van der Waals surface area contributed by atoms with Crippen LogP contribution < -0.4 is 4.90 Å². The summed E-state index contributed by atoms with van der Waals surface area (Å²) in [7, 11) is 1.73. The fraction of sp³-hybridized carbons (Fsp3) is 0.500. The number of carboxylic acid groups (broad SMARTS) is 1. The number of halogens is 1. The molecule has 5 nitrogen and oxygen atoms in total. The molecule has 0 unspecified atom stereocenters. The molecule has 1 aliphatic heterocycles. The molecule has 1 saturated heterocycles. The van der Waals surface area contributed by atoms with Crippen LogP contribution in [-0.2, 0) is 4.74 Å². The number of aromatic carboxylic acids is 1. The van der Waals surface area contributed by atoms with Gasteiger partial charge in [0.25, 0.3) is 0 Å². The van der Waals surface area contributed by atoms with Crippen molar-refractivity contribution >= 4 is 27.7 Å². The van der Waals surface area contributed by atoms with Crippen LogP contribution in [0.3, 0.4) is 0 Å². The first kappa shape index (κ1) is 13.3. The van der Waals surface area contributed by atoms with Crippen molar-refractivity contribution < 1.29 is 14.6 Å². The first-order valence-corrected chi connectivity index (χ1v) is 6.57. The maximum atomic E-state index is 10.9. The highest BCUT2D eigenvalue weighted by atomic mass is 79.9. The van der Waals surface area contributed by atoms with Gasteiger partial charge in [-0.05, 0) is 34.8 Å². The van der Waals surface area contributed by atoms with Gasteiger partial charge in [-0.2, -0.15) is 0 Å². The van der Waals surface area contributed by atoms with Gasteiger partial charge in [-0.15, -0.1) is 0 Å². The zero-order valence-corrected chi connectivity index (χ0v) is 11.7. The predicted molar refractivity (Wildman–Crippen MR) is 71.1 cm³/mol. The molecule has 0 spiro atoms. The number of ether oxygens (including phenoxy) is 1. The summed E-state index contributed by atoms with van der Waals surface area (Å²) in [5.41, 5.74) is 0.186. The number of aromatic nitrogens is 1. The van der Waals surface area contributed by atoms with E-state index in [2.05, 4.69) is 25.8 Å². The number of pyridine rings is 1.